The number of likely N-dealkylation sites (tertiary alicyclic amines) is 1. The first-order chi connectivity index (χ1) is 13.9. The molecule has 3 aliphatic heterocycles. The van der Waals surface area contributed by atoms with E-state index in [4.69, 9.17) is 9.47 Å². The maximum atomic E-state index is 13.1. The van der Waals surface area contributed by atoms with Gasteiger partial charge in [-0.25, -0.2) is 12.8 Å². The Morgan fingerprint density at radius 3 is 2.10 bits per heavy atom. The third-order valence-corrected chi connectivity index (χ3v) is 8.05. The highest BCUT2D eigenvalue weighted by Gasteiger charge is 2.36. The minimum absolute atomic E-state index is 0.0853. The molecule has 0 radical (unpaired) electrons. The summed E-state index contributed by atoms with van der Waals surface area (Å²) in [5.41, 5.74) is 0. The van der Waals surface area contributed by atoms with Gasteiger partial charge in [-0.1, -0.05) is 0 Å². The fraction of sp³-hybridized carbons (Fsp3) is 0.650. The van der Waals surface area contributed by atoms with Gasteiger partial charge in [-0.15, -0.1) is 0 Å². The summed E-state index contributed by atoms with van der Waals surface area (Å²) in [5.74, 6) is -0.159. The van der Waals surface area contributed by atoms with Crippen molar-refractivity contribution in [2.24, 2.45) is 11.8 Å². The van der Waals surface area contributed by atoms with Crippen LogP contribution in [0.1, 0.15) is 25.7 Å². The Morgan fingerprint density at radius 2 is 1.52 bits per heavy atom. The second kappa shape index (κ2) is 8.67. The zero-order valence-corrected chi connectivity index (χ0v) is 17.2. The van der Waals surface area contributed by atoms with Gasteiger partial charge in [-0.05, 0) is 49.9 Å². The van der Waals surface area contributed by atoms with Gasteiger partial charge >= 0.3 is 0 Å². The van der Waals surface area contributed by atoms with Crippen LogP contribution in [0.2, 0.25) is 0 Å². The molecule has 3 saturated heterocycles. The lowest BCUT2D eigenvalue weighted by Crippen LogP contribution is -2.47. The molecule has 1 aromatic carbocycles. The molecule has 160 valence electrons. The Kier molecular flexibility index (Phi) is 6.19. The normalized spacial score (nSPS) is 23.6. The zero-order valence-electron chi connectivity index (χ0n) is 16.3. The van der Waals surface area contributed by atoms with E-state index in [1.165, 1.54) is 16.4 Å². The first-order valence-corrected chi connectivity index (χ1v) is 11.7. The number of hydrogen-bond donors (Lipinski definition) is 0. The van der Waals surface area contributed by atoms with Gasteiger partial charge < -0.3 is 14.4 Å². The van der Waals surface area contributed by atoms with Crippen LogP contribution in [0.15, 0.2) is 29.2 Å². The van der Waals surface area contributed by atoms with Crippen LogP contribution in [0.5, 0.6) is 0 Å². The second-order valence-corrected chi connectivity index (χ2v) is 9.84. The van der Waals surface area contributed by atoms with Crippen LogP contribution in [0.3, 0.4) is 0 Å². The lowest BCUT2D eigenvalue weighted by molar-refractivity contribution is -0.142. The van der Waals surface area contributed by atoms with E-state index in [1.807, 2.05) is 4.90 Å². The van der Waals surface area contributed by atoms with Crippen LogP contribution in [0, 0.1) is 17.7 Å². The maximum Gasteiger partial charge on any atom is 0.243 e. The number of nitrogens with zero attached hydrogens (tertiary/aromatic N) is 2. The fourth-order valence-corrected chi connectivity index (χ4v) is 5.87. The monoisotopic (exact) mass is 426 g/mol. The largest absolute Gasteiger partial charge is 0.350 e. The molecular weight excluding hydrogens is 399 g/mol. The minimum Gasteiger partial charge on any atom is -0.350 e. The van der Waals surface area contributed by atoms with Gasteiger partial charge in [-0.3, -0.25) is 4.79 Å². The summed E-state index contributed by atoms with van der Waals surface area (Å²) in [6.07, 6.45) is 2.62. The molecule has 0 aliphatic carbocycles. The van der Waals surface area contributed by atoms with Crippen molar-refractivity contribution in [1.29, 1.82) is 0 Å². The molecule has 0 N–H and O–H groups in total. The number of hydrogen-bond acceptors (Lipinski definition) is 5. The Balaban J connectivity index is 1.29. The summed E-state index contributed by atoms with van der Waals surface area (Å²) in [6.45, 7) is 3.28. The van der Waals surface area contributed by atoms with Crippen molar-refractivity contribution in [3.8, 4) is 0 Å². The molecule has 0 unspecified atom stereocenters. The van der Waals surface area contributed by atoms with E-state index >= 15 is 0 Å². The van der Waals surface area contributed by atoms with Crippen molar-refractivity contribution in [2.75, 3.05) is 39.4 Å². The first kappa shape index (κ1) is 20.7. The topological polar surface area (TPSA) is 76.2 Å². The number of sulfonamides is 1. The molecule has 3 heterocycles. The molecule has 9 heteroatoms. The SMILES string of the molecule is O=C(C1CCN(S(=O)(=O)c2ccc(F)cc2)CC1)N1CCC(C2OCCO2)CC1. The number of piperidine rings is 2. The van der Waals surface area contributed by atoms with Gasteiger partial charge in [0.2, 0.25) is 15.9 Å². The highest BCUT2D eigenvalue weighted by atomic mass is 32.2. The van der Waals surface area contributed by atoms with Crippen molar-refractivity contribution in [1.82, 2.24) is 9.21 Å². The number of halogens is 1. The minimum atomic E-state index is -3.66. The van der Waals surface area contributed by atoms with E-state index in [9.17, 15) is 17.6 Å². The zero-order chi connectivity index (χ0) is 20.4. The maximum absolute atomic E-state index is 13.1. The predicted molar refractivity (Wildman–Crippen MR) is 103 cm³/mol. The predicted octanol–water partition coefficient (Wildman–Crippen LogP) is 1.84. The Morgan fingerprint density at radius 1 is 0.931 bits per heavy atom. The van der Waals surface area contributed by atoms with E-state index in [-0.39, 0.29) is 23.0 Å². The van der Waals surface area contributed by atoms with E-state index in [0.29, 0.717) is 58.2 Å². The summed E-state index contributed by atoms with van der Waals surface area (Å²) >= 11 is 0. The van der Waals surface area contributed by atoms with Gasteiger partial charge in [0.1, 0.15) is 5.82 Å². The van der Waals surface area contributed by atoms with Crippen LogP contribution in [-0.4, -0.2) is 69.2 Å². The summed E-state index contributed by atoms with van der Waals surface area (Å²) in [6, 6.07) is 4.86. The third-order valence-electron chi connectivity index (χ3n) is 6.14. The number of amides is 1. The lowest BCUT2D eigenvalue weighted by atomic mass is 9.92. The van der Waals surface area contributed by atoms with E-state index in [2.05, 4.69) is 0 Å². The van der Waals surface area contributed by atoms with E-state index < -0.39 is 15.8 Å². The number of carbonyl (C=O) groups excluding carboxylic acids is 1. The molecule has 1 amide bonds. The highest BCUT2D eigenvalue weighted by Crippen LogP contribution is 2.29. The Labute approximate surface area is 170 Å². The molecule has 7 nitrogen and oxygen atoms in total. The summed E-state index contributed by atoms with van der Waals surface area (Å²) in [4.78, 5) is 14.9. The molecule has 0 spiro atoms. The number of benzene rings is 1. The second-order valence-electron chi connectivity index (χ2n) is 7.90. The van der Waals surface area contributed by atoms with Gasteiger partial charge in [0.25, 0.3) is 0 Å². The van der Waals surface area contributed by atoms with Crippen LogP contribution in [0.25, 0.3) is 0 Å². The molecule has 29 heavy (non-hydrogen) atoms. The molecule has 3 fully saturated rings. The molecule has 1 aromatic rings. The van der Waals surface area contributed by atoms with Crippen LogP contribution in [-0.2, 0) is 24.3 Å². The van der Waals surface area contributed by atoms with Crippen LogP contribution < -0.4 is 0 Å². The first-order valence-electron chi connectivity index (χ1n) is 10.2. The van der Waals surface area contributed by atoms with Crippen molar-refractivity contribution in [3.63, 3.8) is 0 Å². The number of carbonyl (C=O) groups is 1. The average molecular weight is 427 g/mol. The van der Waals surface area contributed by atoms with Crippen LogP contribution >= 0.6 is 0 Å². The third kappa shape index (κ3) is 4.47. The Bertz CT molecular complexity index is 810. The summed E-state index contributed by atoms with van der Waals surface area (Å²) in [7, 11) is -3.66. The Hall–Kier alpha value is -1.55. The average Bonchev–Trinajstić information content (AvgIpc) is 3.29. The van der Waals surface area contributed by atoms with Crippen LogP contribution in [0.4, 0.5) is 4.39 Å². The smallest absolute Gasteiger partial charge is 0.243 e. The molecular formula is C20H27FN2O5S. The van der Waals surface area contributed by atoms with Crippen molar-refractivity contribution < 1.29 is 27.1 Å². The molecule has 3 aliphatic rings. The molecule has 0 atom stereocenters. The van der Waals surface area contributed by atoms with Gasteiger partial charge in [0.05, 0.1) is 18.1 Å². The molecule has 0 aromatic heterocycles. The highest BCUT2D eigenvalue weighted by molar-refractivity contribution is 7.89. The molecule has 0 saturated carbocycles. The van der Waals surface area contributed by atoms with E-state index in [1.54, 1.807) is 0 Å². The van der Waals surface area contributed by atoms with Crippen molar-refractivity contribution in [3.05, 3.63) is 30.1 Å². The molecule has 4 rings (SSSR count). The molecule has 0 bridgehead atoms. The number of rotatable bonds is 4. The summed E-state index contributed by atoms with van der Waals surface area (Å²) < 4.78 is 51.1. The summed E-state index contributed by atoms with van der Waals surface area (Å²) in [5, 5.41) is 0. The standard InChI is InChI=1S/C20H27FN2O5S/c21-17-1-3-18(4-2-17)29(25,26)23-11-7-15(8-12-23)19(24)22-9-5-16(6-10-22)20-27-13-14-28-20/h1-4,15-16,20H,5-14H2. The number of ether oxygens (including phenoxy) is 2. The lowest BCUT2D eigenvalue weighted by Gasteiger charge is -2.37. The van der Waals surface area contributed by atoms with Crippen molar-refractivity contribution in [2.45, 2.75) is 36.9 Å². The van der Waals surface area contributed by atoms with Gasteiger partial charge in [0.15, 0.2) is 6.29 Å². The van der Waals surface area contributed by atoms with Crippen molar-refractivity contribution >= 4 is 15.9 Å². The fourth-order valence-electron chi connectivity index (χ4n) is 4.40. The van der Waals surface area contributed by atoms with Gasteiger partial charge in [-0.2, -0.15) is 4.31 Å². The van der Waals surface area contributed by atoms with Gasteiger partial charge in [0, 0.05) is 38.0 Å². The van der Waals surface area contributed by atoms with E-state index in [0.717, 1.165) is 25.0 Å². The quantitative estimate of drug-likeness (QED) is 0.734.